The number of carbonyl (C=O) groups is 1. The quantitative estimate of drug-likeness (QED) is 0.607. The lowest BCUT2D eigenvalue weighted by Gasteiger charge is -2.17. The van der Waals surface area contributed by atoms with Gasteiger partial charge in [0.1, 0.15) is 6.29 Å². The minimum absolute atomic E-state index is 0.382. The summed E-state index contributed by atoms with van der Waals surface area (Å²) in [5, 5.41) is 7.63. The predicted octanol–water partition coefficient (Wildman–Crippen LogP) is 6.41. The molecule has 2 N–H and O–H groups in total. The molecule has 1 aliphatic rings. The highest BCUT2D eigenvalue weighted by Crippen LogP contribution is 2.37. The second-order valence-corrected chi connectivity index (χ2v) is 6.37. The van der Waals surface area contributed by atoms with Crippen LogP contribution in [0.25, 0.3) is 0 Å². The molecule has 4 heteroatoms. The molecule has 0 spiro atoms. The highest BCUT2D eigenvalue weighted by atomic mass is 35.5. The van der Waals surface area contributed by atoms with Crippen molar-refractivity contribution in [1.82, 2.24) is 0 Å². The number of rotatable bonds is 4. The summed E-state index contributed by atoms with van der Waals surface area (Å²) in [6.07, 6.45) is 3.77. The standard InChI is InChI=1S/C17H19ClN2.C3H6O.C2H6/c1-11-8-15-12(9-17(11)19-2)6-7-16(15)20-14-5-3-4-13(18)10-14;1-2-3-4;1-2/h3-5,8-10,16,19-20H,6-7H2,1-2H3;3H,2H2,1H3;1-2H3. The number of fused-ring (bicyclic) bond motifs is 1. The molecule has 0 amide bonds. The zero-order valence-electron chi connectivity index (χ0n) is 16.5. The van der Waals surface area contributed by atoms with Gasteiger partial charge in [-0.2, -0.15) is 0 Å². The van der Waals surface area contributed by atoms with Crippen LogP contribution in [0.1, 0.15) is 56.3 Å². The number of benzene rings is 2. The highest BCUT2D eigenvalue weighted by molar-refractivity contribution is 6.30. The molecule has 2 aromatic carbocycles. The number of aldehydes is 1. The summed E-state index contributed by atoms with van der Waals surface area (Å²) in [4.78, 5) is 9.17. The van der Waals surface area contributed by atoms with Crippen molar-refractivity contribution in [3.05, 3.63) is 58.1 Å². The van der Waals surface area contributed by atoms with Crippen LogP contribution in [0.3, 0.4) is 0 Å². The van der Waals surface area contributed by atoms with E-state index in [-0.39, 0.29) is 0 Å². The van der Waals surface area contributed by atoms with Crippen LogP contribution in [0, 0.1) is 6.92 Å². The van der Waals surface area contributed by atoms with Crippen molar-refractivity contribution in [2.75, 3.05) is 17.7 Å². The fraction of sp³-hybridized carbons (Fsp3) is 0.409. The summed E-state index contributed by atoms with van der Waals surface area (Å²) >= 11 is 6.05. The van der Waals surface area contributed by atoms with Gasteiger partial charge in [0, 0.05) is 29.9 Å². The molecule has 0 aliphatic heterocycles. The molecule has 2 aromatic rings. The number of hydrogen-bond acceptors (Lipinski definition) is 3. The number of nitrogens with one attached hydrogen (secondary N) is 2. The third kappa shape index (κ3) is 6.06. The number of carbonyl (C=O) groups excluding carboxylic acids is 1. The largest absolute Gasteiger partial charge is 0.388 e. The van der Waals surface area contributed by atoms with Crippen LogP contribution in [0.5, 0.6) is 0 Å². The molecule has 0 bridgehead atoms. The van der Waals surface area contributed by atoms with Crippen molar-refractivity contribution in [3.8, 4) is 0 Å². The van der Waals surface area contributed by atoms with E-state index in [0.29, 0.717) is 12.5 Å². The zero-order chi connectivity index (χ0) is 19.5. The van der Waals surface area contributed by atoms with Gasteiger partial charge in [-0.15, -0.1) is 0 Å². The van der Waals surface area contributed by atoms with Crippen molar-refractivity contribution >= 4 is 29.3 Å². The first-order valence-corrected chi connectivity index (χ1v) is 9.73. The molecule has 3 nitrogen and oxygen atoms in total. The van der Waals surface area contributed by atoms with Gasteiger partial charge in [-0.1, -0.05) is 44.5 Å². The van der Waals surface area contributed by atoms with Crippen LogP contribution < -0.4 is 10.6 Å². The van der Waals surface area contributed by atoms with Crippen LogP contribution >= 0.6 is 11.6 Å². The van der Waals surface area contributed by atoms with E-state index < -0.39 is 0 Å². The summed E-state index contributed by atoms with van der Waals surface area (Å²) in [5.74, 6) is 0. The zero-order valence-corrected chi connectivity index (χ0v) is 17.3. The number of halogens is 1. The van der Waals surface area contributed by atoms with Crippen LogP contribution in [0.2, 0.25) is 5.02 Å². The van der Waals surface area contributed by atoms with Gasteiger partial charge in [0.15, 0.2) is 0 Å². The Morgan fingerprint density at radius 3 is 2.50 bits per heavy atom. The van der Waals surface area contributed by atoms with Gasteiger partial charge in [0.25, 0.3) is 0 Å². The number of anilines is 2. The molecule has 142 valence electrons. The maximum absolute atomic E-state index is 9.17. The van der Waals surface area contributed by atoms with E-state index in [1.807, 2.05) is 46.0 Å². The lowest BCUT2D eigenvalue weighted by atomic mass is 10.0. The monoisotopic (exact) mass is 374 g/mol. The van der Waals surface area contributed by atoms with E-state index >= 15 is 0 Å². The molecule has 1 atom stereocenters. The molecule has 3 rings (SSSR count). The van der Waals surface area contributed by atoms with Gasteiger partial charge in [0.05, 0.1) is 6.04 Å². The first-order valence-electron chi connectivity index (χ1n) is 9.36. The molecule has 0 saturated carbocycles. The van der Waals surface area contributed by atoms with E-state index in [1.54, 1.807) is 0 Å². The van der Waals surface area contributed by atoms with E-state index in [1.165, 1.54) is 22.4 Å². The van der Waals surface area contributed by atoms with E-state index in [2.05, 4.69) is 35.8 Å². The molecule has 0 aromatic heterocycles. The summed E-state index contributed by atoms with van der Waals surface area (Å²) < 4.78 is 0. The van der Waals surface area contributed by atoms with E-state index in [9.17, 15) is 4.79 Å². The summed E-state index contributed by atoms with van der Waals surface area (Å²) in [7, 11) is 1.98. The second kappa shape index (κ2) is 11.6. The Kier molecular flexibility index (Phi) is 9.82. The molecule has 0 saturated heterocycles. The van der Waals surface area contributed by atoms with Crippen LogP contribution in [-0.2, 0) is 11.2 Å². The lowest BCUT2D eigenvalue weighted by molar-refractivity contribution is -0.107. The maximum atomic E-state index is 9.17. The fourth-order valence-corrected chi connectivity index (χ4v) is 3.16. The first-order chi connectivity index (χ1) is 12.6. The van der Waals surface area contributed by atoms with Crippen LogP contribution in [-0.4, -0.2) is 13.3 Å². The molecule has 0 fully saturated rings. The minimum Gasteiger partial charge on any atom is -0.388 e. The molecule has 26 heavy (non-hydrogen) atoms. The van der Waals surface area contributed by atoms with Gasteiger partial charge in [-0.3, -0.25) is 0 Å². The fourth-order valence-electron chi connectivity index (χ4n) is 2.97. The third-order valence-corrected chi connectivity index (χ3v) is 4.40. The normalized spacial score (nSPS) is 14.2. The summed E-state index contributed by atoms with van der Waals surface area (Å²) in [6, 6.07) is 12.9. The Morgan fingerprint density at radius 2 is 1.92 bits per heavy atom. The molecular formula is C22H31ClN2O. The van der Waals surface area contributed by atoms with E-state index in [4.69, 9.17) is 11.6 Å². The van der Waals surface area contributed by atoms with Gasteiger partial charge in [-0.25, -0.2) is 0 Å². The average Bonchev–Trinajstić information content (AvgIpc) is 3.04. The Balaban J connectivity index is 0.000000500. The Labute approximate surface area is 163 Å². The SMILES string of the molecule is CC.CCC=O.CNc1cc2c(cc1C)C(Nc1cccc(Cl)c1)CC2. The van der Waals surface area contributed by atoms with E-state index in [0.717, 1.165) is 29.8 Å². The second-order valence-electron chi connectivity index (χ2n) is 5.94. The Hall–Kier alpha value is -2.00. The topological polar surface area (TPSA) is 41.1 Å². The van der Waals surface area contributed by atoms with Crippen LogP contribution in [0.15, 0.2) is 36.4 Å². The molecular weight excluding hydrogens is 344 g/mol. The van der Waals surface area contributed by atoms with Gasteiger partial charge < -0.3 is 15.4 Å². The Bertz CT molecular complexity index is 701. The first kappa shape index (κ1) is 22.0. The number of aryl methyl sites for hydroxylation is 2. The van der Waals surface area contributed by atoms with Crippen molar-refractivity contribution in [3.63, 3.8) is 0 Å². The van der Waals surface area contributed by atoms with Crippen molar-refractivity contribution < 1.29 is 4.79 Å². The maximum Gasteiger partial charge on any atom is 0.119 e. The molecule has 0 heterocycles. The van der Waals surface area contributed by atoms with Crippen molar-refractivity contribution in [2.24, 2.45) is 0 Å². The third-order valence-electron chi connectivity index (χ3n) is 4.17. The van der Waals surface area contributed by atoms with Gasteiger partial charge >= 0.3 is 0 Å². The molecule has 1 aliphatic carbocycles. The molecule has 1 unspecified atom stereocenters. The Morgan fingerprint density at radius 1 is 1.23 bits per heavy atom. The number of hydrogen-bond donors (Lipinski definition) is 2. The van der Waals surface area contributed by atoms with Crippen LogP contribution in [0.4, 0.5) is 11.4 Å². The highest BCUT2D eigenvalue weighted by Gasteiger charge is 2.23. The lowest BCUT2D eigenvalue weighted by Crippen LogP contribution is -2.07. The summed E-state index contributed by atoms with van der Waals surface area (Å²) in [6.45, 7) is 7.97. The average molecular weight is 375 g/mol. The minimum atomic E-state index is 0.382. The smallest absolute Gasteiger partial charge is 0.119 e. The molecule has 0 radical (unpaired) electrons. The summed E-state index contributed by atoms with van der Waals surface area (Å²) in [5.41, 5.74) is 6.48. The van der Waals surface area contributed by atoms with Crippen molar-refractivity contribution in [1.29, 1.82) is 0 Å². The van der Waals surface area contributed by atoms with Gasteiger partial charge in [0.2, 0.25) is 0 Å². The van der Waals surface area contributed by atoms with Gasteiger partial charge in [-0.05, 0) is 60.7 Å². The van der Waals surface area contributed by atoms with Crippen molar-refractivity contribution in [2.45, 2.75) is 53.0 Å². The predicted molar refractivity (Wildman–Crippen MR) is 115 cm³/mol.